The van der Waals surface area contributed by atoms with Crippen LogP contribution in [-0.4, -0.2) is 0 Å². The topological polar surface area (TPSA) is 0 Å². The normalized spacial score (nSPS) is 25.4. The van der Waals surface area contributed by atoms with Crippen LogP contribution >= 0.6 is 0 Å². The molecule has 0 unspecified atom stereocenters. The van der Waals surface area contributed by atoms with Crippen LogP contribution in [0.15, 0.2) is 60.8 Å². The Labute approximate surface area is 202 Å². The van der Waals surface area contributed by atoms with E-state index in [1.54, 1.807) is 0 Å². The monoisotopic (exact) mass is 438 g/mol. The van der Waals surface area contributed by atoms with Crippen molar-refractivity contribution in [3.05, 3.63) is 60.8 Å². The van der Waals surface area contributed by atoms with Crippen molar-refractivity contribution in [2.24, 2.45) is 34.5 Å². The molecular formula is C32H54. The molecule has 5 atom stereocenters. The van der Waals surface area contributed by atoms with E-state index in [4.69, 9.17) is 0 Å². The summed E-state index contributed by atoms with van der Waals surface area (Å²) < 4.78 is 0. The highest BCUT2D eigenvalue weighted by atomic mass is 14.4. The predicted octanol–water partition coefficient (Wildman–Crippen LogP) is 10.5. The lowest BCUT2D eigenvalue weighted by molar-refractivity contribution is 0.103. The largest absolute Gasteiger partial charge is 0.102 e. The molecule has 182 valence electrons. The zero-order valence-corrected chi connectivity index (χ0v) is 22.9. The molecule has 0 nitrogen and oxygen atoms in total. The molecule has 1 fully saturated rings. The van der Waals surface area contributed by atoms with Crippen LogP contribution in [0.4, 0.5) is 0 Å². The van der Waals surface area contributed by atoms with Crippen molar-refractivity contribution >= 4 is 0 Å². The van der Waals surface area contributed by atoms with E-state index < -0.39 is 0 Å². The van der Waals surface area contributed by atoms with Gasteiger partial charge in [-0.1, -0.05) is 95.7 Å². The van der Waals surface area contributed by atoms with Crippen LogP contribution in [0.5, 0.6) is 0 Å². The van der Waals surface area contributed by atoms with Gasteiger partial charge in [0.15, 0.2) is 0 Å². The third-order valence-electron chi connectivity index (χ3n) is 8.73. The van der Waals surface area contributed by atoms with E-state index in [0.717, 1.165) is 18.8 Å². The van der Waals surface area contributed by atoms with Gasteiger partial charge >= 0.3 is 0 Å². The first-order valence-electron chi connectivity index (χ1n) is 13.1. The fourth-order valence-corrected chi connectivity index (χ4v) is 4.98. The summed E-state index contributed by atoms with van der Waals surface area (Å²) in [7, 11) is 0. The first-order valence-corrected chi connectivity index (χ1v) is 13.1. The second kappa shape index (κ2) is 12.8. The summed E-state index contributed by atoms with van der Waals surface area (Å²) in [5.41, 5.74) is 4.73. The maximum Gasteiger partial charge on any atom is 0.00330 e. The van der Waals surface area contributed by atoms with Crippen LogP contribution in [0.2, 0.25) is 0 Å². The van der Waals surface area contributed by atoms with Gasteiger partial charge in [0.1, 0.15) is 0 Å². The van der Waals surface area contributed by atoms with Gasteiger partial charge in [-0.05, 0) is 94.3 Å². The smallest absolute Gasteiger partial charge is 0.00330 e. The Morgan fingerprint density at radius 3 is 2.47 bits per heavy atom. The average molecular weight is 439 g/mol. The molecule has 1 aliphatic rings. The van der Waals surface area contributed by atoms with Crippen molar-refractivity contribution in [2.75, 3.05) is 0 Å². The Balaban J connectivity index is 2.57. The molecule has 0 spiro atoms. The van der Waals surface area contributed by atoms with Gasteiger partial charge in [-0.15, -0.1) is 6.58 Å². The molecular weight excluding hydrogens is 384 g/mol. The Morgan fingerprint density at radius 2 is 1.88 bits per heavy atom. The zero-order chi connectivity index (χ0) is 24.5. The minimum Gasteiger partial charge on any atom is -0.102 e. The van der Waals surface area contributed by atoms with Gasteiger partial charge in [-0.2, -0.15) is 0 Å². The average Bonchev–Trinajstić information content (AvgIpc) is 2.73. The molecule has 0 aromatic rings. The first kappa shape index (κ1) is 28.7. The summed E-state index contributed by atoms with van der Waals surface area (Å²) in [5.74, 6) is 2.65. The molecule has 0 aliphatic heterocycles. The zero-order valence-electron chi connectivity index (χ0n) is 22.9. The number of rotatable bonds is 13. The van der Waals surface area contributed by atoms with Crippen molar-refractivity contribution < 1.29 is 0 Å². The minimum atomic E-state index is 0.0677. The number of hydrogen-bond acceptors (Lipinski definition) is 0. The van der Waals surface area contributed by atoms with Crippen LogP contribution in [-0.2, 0) is 0 Å². The highest BCUT2D eigenvalue weighted by molar-refractivity contribution is 5.12. The molecule has 0 radical (unpaired) electrons. The van der Waals surface area contributed by atoms with Crippen LogP contribution in [0, 0.1) is 34.5 Å². The molecule has 0 aromatic carbocycles. The fraction of sp³-hybridized carbons (Fsp3) is 0.688. The van der Waals surface area contributed by atoms with E-state index in [1.807, 2.05) is 0 Å². The Kier molecular flexibility index (Phi) is 11.5. The molecule has 0 heteroatoms. The van der Waals surface area contributed by atoms with Crippen molar-refractivity contribution in [3.63, 3.8) is 0 Å². The summed E-state index contributed by atoms with van der Waals surface area (Å²) in [6, 6.07) is 0. The highest BCUT2D eigenvalue weighted by Gasteiger charge is 2.39. The predicted molar refractivity (Wildman–Crippen MR) is 147 cm³/mol. The Bertz CT molecular complexity index is 685. The van der Waals surface area contributed by atoms with Gasteiger partial charge in [0.05, 0.1) is 0 Å². The number of hydrogen-bond donors (Lipinski definition) is 0. The van der Waals surface area contributed by atoms with E-state index in [2.05, 4.69) is 99.4 Å². The lowest BCUT2D eigenvalue weighted by atomic mass is 9.60. The van der Waals surface area contributed by atoms with Crippen molar-refractivity contribution in [1.82, 2.24) is 0 Å². The second-order valence-corrected chi connectivity index (χ2v) is 12.0. The lowest BCUT2D eigenvalue weighted by Crippen LogP contribution is -2.36. The van der Waals surface area contributed by atoms with Gasteiger partial charge in [-0.25, -0.2) is 0 Å². The maximum absolute atomic E-state index is 4.44. The minimum absolute atomic E-state index is 0.0677. The van der Waals surface area contributed by atoms with Crippen molar-refractivity contribution in [2.45, 2.75) is 107 Å². The van der Waals surface area contributed by atoms with E-state index in [9.17, 15) is 0 Å². The molecule has 0 saturated heterocycles. The maximum atomic E-state index is 4.44. The standard InChI is InChI=1S/C32H54/c1-12-32(11,22-13-14-25(4)15-17-27(6)24(2)3)23-21-26(5)16-20-30-28(7)18-19-29(8)31(30,9)10/h12,14,21,23,26-27,29-30H,1-2,7,13,15-20,22H2,3-6,8-11H3/b23-21+,25-14+/t26-,27+,29+,30-,32-/m1/s1. The lowest BCUT2D eigenvalue weighted by Gasteiger charge is -2.45. The molecule has 1 saturated carbocycles. The van der Waals surface area contributed by atoms with Gasteiger partial charge in [0.2, 0.25) is 0 Å². The van der Waals surface area contributed by atoms with E-state index >= 15 is 0 Å². The third kappa shape index (κ3) is 8.92. The van der Waals surface area contributed by atoms with Crippen molar-refractivity contribution in [1.29, 1.82) is 0 Å². The Hall–Kier alpha value is -1.30. The highest BCUT2D eigenvalue weighted by Crippen LogP contribution is 2.49. The Morgan fingerprint density at radius 1 is 1.22 bits per heavy atom. The summed E-state index contributed by atoms with van der Waals surface area (Å²) >= 11 is 0. The summed E-state index contributed by atoms with van der Waals surface area (Å²) in [5, 5.41) is 0. The summed E-state index contributed by atoms with van der Waals surface area (Å²) in [4.78, 5) is 0. The fourth-order valence-electron chi connectivity index (χ4n) is 4.98. The molecule has 0 bridgehead atoms. The van der Waals surface area contributed by atoms with Crippen LogP contribution in [0.3, 0.4) is 0 Å². The van der Waals surface area contributed by atoms with Crippen LogP contribution < -0.4 is 0 Å². The molecule has 0 heterocycles. The van der Waals surface area contributed by atoms with E-state index in [0.29, 0.717) is 23.2 Å². The summed E-state index contributed by atoms with van der Waals surface area (Å²) in [6.07, 6.45) is 19.1. The molecule has 1 rings (SSSR count). The third-order valence-corrected chi connectivity index (χ3v) is 8.73. The first-order chi connectivity index (χ1) is 14.8. The van der Waals surface area contributed by atoms with Crippen LogP contribution in [0.25, 0.3) is 0 Å². The quantitative estimate of drug-likeness (QED) is 0.251. The second-order valence-electron chi connectivity index (χ2n) is 12.0. The molecule has 0 amide bonds. The van der Waals surface area contributed by atoms with Gasteiger partial charge in [0.25, 0.3) is 0 Å². The van der Waals surface area contributed by atoms with E-state index in [1.165, 1.54) is 55.2 Å². The van der Waals surface area contributed by atoms with Gasteiger partial charge in [-0.3, -0.25) is 0 Å². The van der Waals surface area contributed by atoms with Gasteiger partial charge < -0.3 is 0 Å². The molecule has 0 N–H and O–H groups in total. The number of allylic oxidation sites excluding steroid dienone is 7. The molecule has 0 aromatic heterocycles. The van der Waals surface area contributed by atoms with Crippen LogP contribution in [0.1, 0.15) is 107 Å². The molecule has 1 aliphatic carbocycles. The van der Waals surface area contributed by atoms with E-state index in [-0.39, 0.29) is 5.41 Å². The SMILES string of the molecule is C=C[C@@](C)(/C=C/[C@H](C)CC[C@@H]1C(=C)CC[C@H](C)C1(C)C)CC/C=C(\C)CC[C@H](C)C(=C)C. The molecule has 32 heavy (non-hydrogen) atoms. The van der Waals surface area contributed by atoms with Crippen molar-refractivity contribution in [3.8, 4) is 0 Å². The summed E-state index contributed by atoms with van der Waals surface area (Å²) in [6.45, 7) is 31.4. The van der Waals surface area contributed by atoms with Gasteiger partial charge in [0, 0.05) is 5.41 Å².